The van der Waals surface area contributed by atoms with Gasteiger partial charge in [0.05, 0.1) is 11.1 Å². The lowest BCUT2D eigenvalue weighted by molar-refractivity contribution is 0.129. The van der Waals surface area contributed by atoms with Gasteiger partial charge in [-0.15, -0.1) is 11.8 Å². The van der Waals surface area contributed by atoms with Crippen molar-refractivity contribution in [1.29, 1.82) is 0 Å². The van der Waals surface area contributed by atoms with Gasteiger partial charge in [-0.2, -0.15) is 0 Å². The van der Waals surface area contributed by atoms with Gasteiger partial charge in [-0.25, -0.2) is 4.98 Å². The van der Waals surface area contributed by atoms with Crippen molar-refractivity contribution in [3.8, 4) is 0 Å². The predicted molar refractivity (Wildman–Crippen MR) is 61.8 cm³/mol. The Morgan fingerprint density at radius 1 is 1.53 bits per heavy atom. The summed E-state index contributed by atoms with van der Waals surface area (Å²) in [6.45, 7) is 1.48. The Morgan fingerprint density at radius 3 is 3.07 bits per heavy atom. The van der Waals surface area contributed by atoms with Crippen LogP contribution in [0.1, 0.15) is 18.4 Å². The fraction of sp³-hybridized carbons (Fsp3) is 0.545. The second kappa shape index (κ2) is 5.49. The van der Waals surface area contributed by atoms with Crippen LogP contribution in [0.5, 0.6) is 0 Å². The minimum absolute atomic E-state index is 0.422. The first-order valence-corrected chi connectivity index (χ1v) is 6.26. The molecule has 0 saturated carbocycles. The molecule has 0 aliphatic carbocycles. The van der Waals surface area contributed by atoms with Gasteiger partial charge in [0.25, 0.3) is 0 Å². The topological polar surface area (TPSA) is 48.1 Å². The van der Waals surface area contributed by atoms with Crippen molar-refractivity contribution in [2.24, 2.45) is 5.73 Å². The van der Waals surface area contributed by atoms with E-state index >= 15 is 0 Å². The van der Waals surface area contributed by atoms with E-state index < -0.39 is 0 Å². The molecule has 1 aliphatic heterocycles. The third kappa shape index (κ3) is 3.19. The molecule has 0 bridgehead atoms. The number of aromatic nitrogens is 1. The summed E-state index contributed by atoms with van der Waals surface area (Å²) in [4.78, 5) is 4.34. The highest BCUT2D eigenvalue weighted by Gasteiger charge is 2.15. The standard InChI is InChI=1S/C11H16N2OS/c12-6-9-3-4-11(13-7-9)15-8-10-2-1-5-14-10/h3-4,7,10H,1-2,5-6,8,12H2. The normalized spacial score (nSPS) is 20.7. The Bertz CT molecular complexity index is 296. The van der Waals surface area contributed by atoms with E-state index in [1.54, 1.807) is 11.8 Å². The second-order valence-corrected chi connectivity index (χ2v) is 4.70. The zero-order valence-electron chi connectivity index (χ0n) is 8.69. The molecule has 2 N–H and O–H groups in total. The molecule has 2 rings (SSSR count). The Balaban J connectivity index is 1.82. The van der Waals surface area contributed by atoms with Crippen molar-refractivity contribution in [2.75, 3.05) is 12.4 Å². The number of pyridine rings is 1. The van der Waals surface area contributed by atoms with Crippen molar-refractivity contribution in [1.82, 2.24) is 4.98 Å². The molecular formula is C11H16N2OS. The van der Waals surface area contributed by atoms with Crippen LogP contribution < -0.4 is 5.73 Å². The zero-order valence-corrected chi connectivity index (χ0v) is 9.50. The molecule has 1 unspecified atom stereocenters. The molecular weight excluding hydrogens is 208 g/mol. The molecule has 15 heavy (non-hydrogen) atoms. The minimum Gasteiger partial charge on any atom is -0.377 e. The summed E-state index contributed by atoms with van der Waals surface area (Å²) in [5.41, 5.74) is 6.59. The highest BCUT2D eigenvalue weighted by molar-refractivity contribution is 7.99. The first kappa shape index (κ1) is 10.9. The van der Waals surface area contributed by atoms with E-state index in [0.717, 1.165) is 22.9 Å². The third-order valence-electron chi connectivity index (χ3n) is 2.47. The molecule has 0 radical (unpaired) electrons. The Hall–Kier alpha value is -0.580. The minimum atomic E-state index is 0.422. The largest absolute Gasteiger partial charge is 0.377 e. The summed E-state index contributed by atoms with van der Waals surface area (Å²) in [5.74, 6) is 1.01. The van der Waals surface area contributed by atoms with Crippen LogP contribution in [0.3, 0.4) is 0 Å². The molecule has 82 valence electrons. The average Bonchev–Trinajstić information content (AvgIpc) is 2.80. The predicted octanol–water partition coefficient (Wildman–Crippen LogP) is 1.81. The number of nitrogens with zero attached hydrogens (tertiary/aromatic N) is 1. The van der Waals surface area contributed by atoms with Crippen LogP contribution in [-0.2, 0) is 11.3 Å². The Labute approximate surface area is 94.4 Å². The van der Waals surface area contributed by atoms with Crippen molar-refractivity contribution >= 4 is 11.8 Å². The van der Waals surface area contributed by atoms with E-state index in [1.807, 2.05) is 18.3 Å². The first-order valence-electron chi connectivity index (χ1n) is 5.28. The molecule has 0 spiro atoms. The molecule has 0 amide bonds. The molecule has 1 saturated heterocycles. The lowest BCUT2D eigenvalue weighted by Crippen LogP contribution is -2.07. The average molecular weight is 224 g/mol. The van der Waals surface area contributed by atoms with E-state index in [0.29, 0.717) is 12.6 Å². The molecule has 1 aromatic rings. The van der Waals surface area contributed by atoms with Gasteiger partial charge in [-0.05, 0) is 24.5 Å². The van der Waals surface area contributed by atoms with E-state index in [2.05, 4.69) is 4.98 Å². The summed E-state index contributed by atoms with van der Waals surface area (Å²) in [7, 11) is 0. The number of rotatable bonds is 4. The Kier molecular flexibility index (Phi) is 4.00. The number of hydrogen-bond donors (Lipinski definition) is 1. The highest BCUT2D eigenvalue weighted by Crippen LogP contribution is 2.22. The summed E-state index contributed by atoms with van der Waals surface area (Å²) < 4.78 is 5.55. The highest BCUT2D eigenvalue weighted by atomic mass is 32.2. The SMILES string of the molecule is NCc1ccc(SCC2CCCO2)nc1. The van der Waals surface area contributed by atoms with Gasteiger partial charge in [0.1, 0.15) is 0 Å². The monoisotopic (exact) mass is 224 g/mol. The van der Waals surface area contributed by atoms with Crippen LogP contribution in [0, 0.1) is 0 Å². The van der Waals surface area contributed by atoms with Gasteiger partial charge in [-0.1, -0.05) is 6.07 Å². The van der Waals surface area contributed by atoms with Crippen molar-refractivity contribution in [3.05, 3.63) is 23.9 Å². The van der Waals surface area contributed by atoms with Gasteiger partial charge in [0.2, 0.25) is 0 Å². The summed E-state index contributed by atoms with van der Waals surface area (Å²) in [6.07, 6.45) is 4.65. The Morgan fingerprint density at radius 2 is 2.47 bits per heavy atom. The zero-order chi connectivity index (χ0) is 10.5. The molecule has 1 aromatic heterocycles. The van der Waals surface area contributed by atoms with Gasteiger partial charge >= 0.3 is 0 Å². The van der Waals surface area contributed by atoms with Crippen molar-refractivity contribution < 1.29 is 4.74 Å². The van der Waals surface area contributed by atoms with Crippen molar-refractivity contribution in [2.45, 2.75) is 30.5 Å². The summed E-state index contributed by atoms with van der Waals surface area (Å²) in [5, 5.41) is 1.06. The van der Waals surface area contributed by atoms with E-state index in [4.69, 9.17) is 10.5 Å². The van der Waals surface area contributed by atoms with E-state index in [-0.39, 0.29) is 0 Å². The van der Waals surface area contributed by atoms with Gasteiger partial charge in [0.15, 0.2) is 0 Å². The fourth-order valence-electron chi connectivity index (χ4n) is 1.57. The maximum Gasteiger partial charge on any atom is 0.0960 e. The number of ether oxygens (including phenoxy) is 1. The van der Waals surface area contributed by atoms with Crippen LogP contribution in [-0.4, -0.2) is 23.4 Å². The molecule has 1 aliphatic rings. The molecule has 3 nitrogen and oxygen atoms in total. The van der Waals surface area contributed by atoms with Crippen LogP contribution in [0.25, 0.3) is 0 Å². The van der Waals surface area contributed by atoms with Crippen LogP contribution in [0.2, 0.25) is 0 Å². The second-order valence-electron chi connectivity index (χ2n) is 3.65. The maximum atomic E-state index is 5.55. The lowest BCUT2D eigenvalue weighted by Gasteiger charge is -2.07. The number of nitrogens with two attached hydrogens (primary N) is 1. The van der Waals surface area contributed by atoms with Gasteiger partial charge in [0, 0.05) is 25.1 Å². The number of hydrogen-bond acceptors (Lipinski definition) is 4. The smallest absolute Gasteiger partial charge is 0.0960 e. The molecule has 1 fully saturated rings. The van der Waals surface area contributed by atoms with E-state index in [9.17, 15) is 0 Å². The van der Waals surface area contributed by atoms with Gasteiger partial charge < -0.3 is 10.5 Å². The van der Waals surface area contributed by atoms with Gasteiger partial charge in [-0.3, -0.25) is 0 Å². The molecule has 2 heterocycles. The number of thioether (sulfide) groups is 1. The maximum absolute atomic E-state index is 5.55. The molecule has 0 aromatic carbocycles. The van der Waals surface area contributed by atoms with Crippen molar-refractivity contribution in [3.63, 3.8) is 0 Å². The first-order chi connectivity index (χ1) is 7.38. The van der Waals surface area contributed by atoms with Crippen LogP contribution in [0.4, 0.5) is 0 Å². The molecule has 4 heteroatoms. The summed E-state index contributed by atoms with van der Waals surface area (Å²) >= 11 is 1.76. The van der Waals surface area contributed by atoms with E-state index in [1.165, 1.54) is 12.8 Å². The van der Waals surface area contributed by atoms with Crippen LogP contribution >= 0.6 is 11.8 Å². The quantitative estimate of drug-likeness (QED) is 0.792. The van der Waals surface area contributed by atoms with Crippen LogP contribution in [0.15, 0.2) is 23.4 Å². The summed E-state index contributed by atoms with van der Waals surface area (Å²) in [6, 6.07) is 4.06. The lowest BCUT2D eigenvalue weighted by atomic mass is 10.3. The molecule has 1 atom stereocenters. The fourth-order valence-corrected chi connectivity index (χ4v) is 2.48. The third-order valence-corrected chi connectivity index (χ3v) is 3.55.